The molecule has 4 nitrogen and oxygen atoms in total. The van der Waals surface area contributed by atoms with E-state index in [4.69, 9.17) is 9.97 Å². The number of nitrogens with zero attached hydrogens (tertiary/aromatic N) is 3. The number of hydrogen-bond donors (Lipinski definition) is 1. The molecule has 0 aliphatic carbocycles. The van der Waals surface area contributed by atoms with Crippen LogP contribution in [0.25, 0.3) is 22.2 Å². The van der Waals surface area contributed by atoms with Gasteiger partial charge in [-0.15, -0.1) is 0 Å². The van der Waals surface area contributed by atoms with Gasteiger partial charge in [0.05, 0.1) is 16.8 Å². The normalized spacial score (nSPS) is 21.0. The predicted molar refractivity (Wildman–Crippen MR) is 92.4 cm³/mol. The van der Waals surface area contributed by atoms with Gasteiger partial charge in [0.1, 0.15) is 0 Å². The van der Waals surface area contributed by atoms with Gasteiger partial charge in [-0.1, -0.05) is 48.5 Å². The Kier molecular flexibility index (Phi) is 3.27. The van der Waals surface area contributed by atoms with Gasteiger partial charge < -0.3 is 10.0 Å². The minimum atomic E-state index is -0.665. The van der Waals surface area contributed by atoms with Crippen LogP contribution in [0.1, 0.15) is 13.3 Å². The second-order valence-electron chi connectivity index (χ2n) is 6.42. The number of β-amino-alcohol motifs (C(OH)–C–C–N with tert-alkyl or cyclic N) is 1. The highest BCUT2D eigenvalue weighted by molar-refractivity contribution is 5.93. The van der Waals surface area contributed by atoms with E-state index in [2.05, 4.69) is 23.1 Å². The summed E-state index contributed by atoms with van der Waals surface area (Å²) in [5.74, 6) is 0.695. The summed E-state index contributed by atoms with van der Waals surface area (Å²) in [6, 6.07) is 18.3. The first-order chi connectivity index (χ1) is 11.1. The van der Waals surface area contributed by atoms with Crippen LogP contribution in [0.3, 0.4) is 0 Å². The summed E-state index contributed by atoms with van der Waals surface area (Å²) in [5.41, 5.74) is 2.29. The fraction of sp³-hybridized carbons (Fsp3) is 0.263. The molecule has 2 aromatic carbocycles. The topological polar surface area (TPSA) is 49.2 Å². The Balaban J connectivity index is 1.88. The van der Waals surface area contributed by atoms with Crippen molar-refractivity contribution in [2.45, 2.75) is 18.9 Å². The number of aliphatic hydroxyl groups is 1. The number of fused-ring (bicyclic) bond motifs is 1. The van der Waals surface area contributed by atoms with Gasteiger partial charge in [-0.05, 0) is 19.4 Å². The number of hydrogen-bond acceptors (Lipinski definition) is 4. The summed E-state index contributed by atoms with van der Waals surface area (Å²) in [4.78, 5) is 11.6. The van der Waals surface area contributed by atoms with Crippen LogP contribution in [-0.2, 0) is 0 Å². The third-order valence-corrected chi connectivity index (χ3v) is 4.37. The van der Waals surface area contributed by atoms with E-state index in [0.29, 0.717) is 12.5 Å². The van der Waals surface area contributed by atoms with E-state index in [0.717, 1.165) is 35.1 Å². The summed E-state index contributed by atoms with van der Waals surface area (Å²) >= 11 is 0. The first-order valence-electron chi connectivity index (χ1n) is 7.92. The molecule has 1 N–H and O–H groups in total. The minimum Gasteiger partial charge on any atom is -0.388 e. The highest BCUT2D eigenvalue weighted by Gasteiger charge is 2.33. The Labute approximate surface area is 135 Å². The van der Waals surface area contributed by atoms with E-state index in [1.165, 1.54) is 0 Å². The highest BCUT2D eigenvalue weighted by atomic mass is 16.3. The summed E-state index contributed by atoms with van der Waals surface area (Å²) in [6.45, 7) is 3.21. The van der Waals surface area contributed by atoms with E-state index in [9.17, 15) is 5.11 Å². The molecule has 1 saturated heterocycles. The molecule has 2 heterocycles. The van der Waals surface area contributed by atoms with Crippen molar-refractivity contribution in [3.05, 3.63) is 54.6 Å². The standard InChI is InChI=1S/C19H19N3O/c1-19(23)11-12-22(13-19)18-20-16-10-6-5-9-15(16)17(21-18)14-7-3-2-4-8-14/h2-10,23H,11-13H2,1H3. The lowest BCUT2D eigenvalue weighted by molar-refractivity contribution is 0.0838. The van der Waals surface area contributed by atoms with E-state index in [-0.39, 0.29) is 0 Å². The smallest absolute Gasteiger partial charge is 0.226 e. The summed E-state index contributed by atoms with van der Waals surface area (Å²) in [5, 5.41) is 11.3. The number of para-hydroxylation sites is 1. The zero-order valence-corrected chi connectivity index (χ0v) is 13.1. The number of aromatic nitrogens is 2. The molecule has 0 amide bonds. The molecule has 23 heavy (non-hydrogen) atoms. The molecule has 0 radical (unpaired) electrons. The van der Waals surface area contributed by atoms with Crippen molar-refractivity contribution < 1.29 is 5.11 Å². The Morgan fingerprint density at radius 1 is 1.00 bits per heavy atom. The van der Waals surface area contributed by atoms with Gasteiger partial charge in [-0.2, -0.15) is 0 Å². The number of benzene rings is 2. The first-order valence-corrected chi connectivity index (χ1v) is 7.92. The van der Waals surface area contributed by atoms with Crippen molar-refractivity contribution in [3.63, 3.8) is 0 Å². The molecule has 1 aliphatic rings. The zero-order chi connectivity index (χ0) is 15.9. The van der Waals surface area contributed by atoms with Crippen molar-refractivity contribution in [2.24, 2.45) is 0 Å². The van der Waals surface area contributed by atoms with Crippen molar-refractivity contribution in [1.82, 2.24) is 9.97 Å². The average Bonchev–Trinajstić information content (AvgIpc) is 2.95. The SMILES string of the molecule is CC1(O)CCN(c2nc(-c3ccccc3)c3ccccc3n2)C1. The van der Waals surface area contributed by atoms with Crippen LogP contribution in [0.5, 0.6) is 0 Å². The summed E-state index contributed by atoms with van der Waals surface area (Å²) in [7, 11) is 0. The summed E-state index contributed by atoms with van der Waals surface area (Å²) < 4.78 is 0. The maximum Gasteiger partial charge on any atom is 0.226 e. The predicted octanol–water partition coefficient (Wildman–Crippen LogP) is 3.26. The molecule has 0 bridgehead atoms. The molecule has 1 atom stereocenters. The lowest BCUT2D eigenvalue weighted by Crippen LogP contribution is -2.30. The summed E-state index contributed by atoms with van der Waals surface area (Å²) in [6.07, 6.45) is 0.740. The fourth-order valence-corrected chi connectivity index (χ4v) is 3.14. The van der Waals surface area contributed by atoms with Crippen molar-refractivity contribution >= 4 is 16.9 Å². The van der Waals surface area contributed by atoms with Crippen LogP contribution in [-0.4, -0.2) is 33.8 Å². The third-order valence-electron chi connectivity index (χ3n) is 4.37. The van der Waals surface area contributed by atoms with Crippen molar-refractivity contribution in [3.8, 4) is 11.3 Å². The molecule has 4 rings (SSSR count). The minimum absolute atomic E-state index is 0.569. The maximum atomic E-state index is 10.2. The van der Waals surface area contributed by atoms with E-state index in [1.807, 2.05) is 43.3 Å². The van der Waals surface area contributed by atoms with E-state index in [1.54, 1.807) is 0 Å². The first kappa shape index (κ1) is 14.2. The molecular formula is C19H19N3O. The van der Waals surface area contributed by atoms with E-state index >= 15 is 0 Å². The fourth-order valence-electron chi connectivity index (χ4n) is 3.14. The molecule has 0 saturated carbocycles. The largest absolute Gasteiger partial charge is 0.388 e. The second kappa shape index (κ2) is 5.32. The lowest BCUT2D eigenvalue weighted by atomic mass is 10.1. The highest BCUT2D eigenvalue weighted by Crippen LogP contribution is 2.30. The van der Waals surface area contributed by atoms with Crippen molar-refractivity contribution in [2.75, 3.05) is 18.0 Å². The molecule has 1 aliphatic heterocycles. The molecule has 3 aromatic rings. The lowest BCUT2D eigenvalue weighted by Gasteiger charge is -2.20. The van der Waals surface area contributed by atoms with Crippen LogP contribution in [0.15, 0.2) is 54.6 Å². The van der Waals surface area contributed by atoms with Gasteiger partial charge in [0.25, 0.3) is 0 Å². The molecule has 116 valence electrons. The Morgan fingerprint density at radius 2 is 1.74 bits per heavy atom. The molecule has 4 heteroatoms. The Morgan fingerprint density at radius 3 is 2.48 bits per heavy atom. The second-order valence-corrected chi connectivity index (χ2v) is 6.42. The Bertz CT molecular complexity index is 846. The van der Waals surface area contributed by atoms with Gasteiger partial charge in [0.2, 0.25) is 5.95 Å². The van der Waals surface area contributed by atoms with Crippen LogP contribution < -0.4 is 4.90 Å². The molecule has 0 spiro atoms. The van der Waals surface area contributed by atoms with Crippen molar-refractivity contribution in [1.29, 1.82) is 0 Å². The van der Waals surface area contributed by atoms with Gasteiger partial charge >= 0.3 is 0 Å². The van der Waals surface area contributed by atoms with Crippen LogP contribution >= 0.6 is 0 Å². The number of rotatable bonds is 2. The Hall–Kier alpha value is -2.46. The molecular weight excluding hydrogens is 286 g/mol. The van der Waals surface area contributed by atoms with Crippen LogP contribution in [0.2, 0.25) is 0 Å². The van der Waals surface area contributed by atoms with Gasteiger partial charge in [-0.3, -0.25) is 0 Å². The third kappa shape index (κ3) is 2.66. The average molecular weight is 305 g/mol. The van der Waals surface area contributed by atoms with Gasteiger partial charge in [0.15, 0.2) is 0 Å². The van der Waals surface area contributed by atoms with Gasteiger partial charge in [0, 0.05) is 24.0 Å². The monoisotopic (exact) mass is 305 g/mol. The van der Waals surface area contributed by atoms with E-state index < -0.39 is 5.60 Å². The molecule has 1 unspecified atom stereocenters. The molecule has 1 aromatic heterocycles. The van der Waals surface area contributed by atoms with Gasteiger partial charge in [-0.25, -0.2) is 9.97 Å². The molecule has 1 fully saturated rings. The number of anilines is 1. The zero-order valence-electron chi connectivity index (χ0n) is 13.1. The quantitative estimate of drug-likeness (QED) is 0.789. The van der Waals surface area contributed by atoms with Crippen LogP contribution in [0.4, 0.5) is 5.95 Å². The maximum absolute atomic E-state index is 10.2. The van der Waals surface area contributed by atoms with Crippen LogP contribution in [0, 0.1) is 0 Å².